The lowest BCUT2D eigenvalue weighted by atomic mass is 10.0. The van der Waals surface area contributed by atoms with Crippen LogP contribution in [0.3, 0.4) is 0 Å². The first-order valence-corrected chi connectivity index (χ1v) is 8.23. The van der Waals surface area contributed by atoms with Crippen LogP contribution in [0.4, 0.5) is 5.69 Å². The summed E-state index contributed by atoms with van der Waals surface area (Å²) in [5, 5.41) is 13.6. The molecule has 0 saturated carbocycles. The minimum atomic E-state index is -0.680. The first kappa shape index (κ1) is 17.4. The number of ether oxygens (including phenoxy) is 1. The molecule has 0 amide bonds. The van der Waals surface area contributed by atoms with Crippen LogP contribution in [0.25, 0.3) is 5.52 Å². The molecule has 0 radical (unpaired) electrons. The number of aromatic hydroxyl groups is 1. The zero-order valence-corrected chi connectivity index (χ0v) is 14.5. The summed E-state index contributed by atoms with van der Waals surface area (Å²) in [4.78, 5) is 25.3. The van der Waals surface area contributed by atoms with Gasteiger partial charge >= 0.3 is 5.97 Å². The summed E-state index contributed by atoms with van der Waals surface area (Å²) >= 11 is 0. The van der Waals surface area contributed by atoms with Crippen LogP contribution in [0.2, 0.25) is 0 Å². The second-order valence-electron chi connectivity index (χ2n) is 5.60. The molecule has 0 bridgehead atoms. The molecule has 132 valence electrons. The van der Waals surface area contributed by atoms with Gasteiger partial charge < -0.3 is 15.2 Å². The van der Waals surface area contributed by atoms with Crippen molar-refractivity contribution in [3.63, 3.8) is 0 Å². The van der Waals surface area contributed by atoms with E-state index in [1.54, 1.807) is 61.0 Å². The van der Waals surface area contributed by atoms with Crippen LogP contribution < -0.4 is 9.72 Å². The molecule has 3 aromatic rings. The first-order chi connectivity index (χ1) is 12.6. The molecule has 0 spiro atoms. The number of esters is 1. The van der Waals surface area contributed by atoms with Gasteiger partial charge in [-0.25, -0.2) is 4.79 Å². The van der Waals surface area contributed by atoms with Crippen LogP contribution >= 0.6 is 0 Å². The van der Waals surface area contributed by atoms with Gasteiger partial charge in [0.1, 0.15) is 11.3 Å². The van der Waals surface area contributed by atoms with Crippen molar-refractivity contribution < 1.29 is 23.8 Å². The monoisotopic (exact) mass is 351 g/mol. The van der Waals surface area contributed by atoms with E-state index in [-0.39, 0.29) is 29.4 Å². The van der Waals surface area contributed by atoms with E-state index in [0.717, 1.165) is 0 Å². The van der Waals surface area contributed by atoms with Gasteiger partial charge in [0.15, 0.2) is 6.20 Å². The van der Waals surface area contributed by atoms with E-state index in [2.05, 4.69) is 5.32 Å². The van der Waals surface area contributed by atoms with E-state index >= 15 is 0 Å². The van der Waals surface area contributed by atoms with Crippen LogP contribution in [0.1, 0.15) is 33.3 Å². The lowest BCUT2D eigenvalue weighted by Crippen LogP contribution is -2.32. The van der Waals surface area contributed by atoms with Gasteiger partial charge in [-0.2, -0.15) is 4.40 Å². The van der Waals surface area contributed by atoms with Gasteiger partial charge in [-0.05, 0) is 13.0 Å². The molecule has 2 aromatic heterocycles. The lowest BCUT2D eigenvalue weighted by Gasteiger charge is -2.09. The molecule has 2 heterocycles. The number of aromatic nitrogens is 1. The molecular weight excluding hydrogens is 332 g/mol. The van der Waals surface area contributed by atoms with Crippen molar-refractivity contribution in [2.75, 3.05) is 19.0 Å². The second kappa shape index (κ2) is 7.23. The largest absolute Gasteiger partial charge is 0.502 e. The van der Waals surface area contributed by atoms with E-state index < -0.39 is 5.97 Å². The number of hydrogen-bond donors (Lipinski definition) is 2. The highest BCUT2D eigenvalue weighted by Gasteiger charge is 2.30. The molecule has 2 N–H and O–H groups in total. The molecule has 0 aliphatic rings. The predicted octanol–water partition coefficient (Wildman–Crippen LogP) is 2.58. The van der Waals surface area contributed by atoms with Crippen molar-refractivity contribution in [3.05, 3.63) is 71.5 Å². The Hall–Kier alpha value is -3.41. The maximum absolute atomic E-state index is 13.0. The third-order valence-corrected chi connectivity index (χ3v) is 4.05. The smallest absolute Gasteiger partial charge is 0.342 e. The Bertz CT molecular complexity index is 984. The molecule has 0 saturated heterocycles. The number of carbonyl (C=O) groups is 2. The van der Waals surface area contributed by atoms with Crippen molar-refractivity contribution in [1.82, 2.24) is 0 Å². The molecule has 0 aliphatic heterocycles. The van der Waals surface area contributed by atoms with E-state index in [9.17, 15) is 14.7 Å². The molecular formula is C20H19N2O4+. The van der Waals surface area contributed by atoms with E-state index in [4.69, 9.17) is 4.74 Å². The number of carbonyl (C=O) groups excluding carboxylic acids is 2. The topological polar surface area (TPSA) is 79.7 Å². The molecule has 0 unspecified atom stereocenters. The molecule has 0 fully saturated rings. The second-order valence-corrected chi connectivity index (χ2v) is 5.60. The Balaban J connectivity index is 2.33. The number of hydrogen-bond acceptors (Lipinski definition) is 5. The quantitative estimate of drug-likeness (QED) is 0.420. The summed E-state index contributed by atoms with van der Waals surface area (Å²) in [6, 6.07) is 13.6. The van der Waals surface area contributed by atoms with Gasteiger partial charge in [-0.1, -0.05) is 30.3 Å². The summed E-state index contributed by atoms with van der Waals surface area (Å²) in [6.07, 6.45) is 1.67. The lowest BCUT2D eigenvalue weighted by molar-refractivity contribution is -0.514. The highest BCUT2D eigenvalue weighted by molar-refractivity contribution is 6.08. The van der Waals surface area contributed by atoms with Crippen LogP contribution in [-0.2, 0) is 4.74 Å². The summed E-state index contributed by atoms with van der Waals surface area (Å²) in [7, 11) is 1.70. The van der Waals surface area contributed by atoms with Crippen LogP contribution in [0, 0.1) is 0 Å². The third-order valence-electron chi connectivity index (χ3n) is 4.05. The van der Waals surface area contributed by atoms with E-state index in [0.29, 0.717) is 16.8 Å². The zero-order valence-electron chi connectivity index (χ0n) is 14.5. The normalized spacial score (nSPS) is 10.5. The number of ketones is 1. The van der Waals surface area contributed by atoms with Gasteiger partial charge in [0.05, 0.1) is 6.61 Å². The molecule has 0 atom stereocenters. The number of anilines is 1. The van der Waals surface area contributed by atoms with E-state index in [1.807, 2.05) is 6.07 Å². The van der Waals surface area contributed by atoms with Crippen molar-refractivity contribution in [3.8, 4) is 5.75 Å². The van der Waals surface area contributed by atoms with Crippen molar-refractivity contribution in [2.24, 2.45) is 0 Å². The fraction of sp³-hybridized carbons (Fsp3) is 0.150. The number of benzene rings is 1. The van der Waals surface area contributed by atoms with Crippen LogP contribution in [0.5, 0.6) is 5.75 Å². The Morgan fingerprint density at radius 1 is 1.15 bits per heavy atom. The predicted molar refractivity (Wildman–Crippen MR) is 96.6 cm³/mol. The van der Waals surface area contributed by atoms with Crippen molar-refractivity contribution in [2.45, 2.75) is 6.92 Å². The molecule has 26 heavy (non-hydrogen) atoms. The SMILES string of the molecule is CCOC(=O)c1cc(C(=O)c2ccccc2)[n+]2cccc(NC)c2c1O. The number of fused-ring (bicyclic) bond motifs is 1. The van der Waals surface area contributed by atoms with Crippen LogP contribution in [-0.4, -0.2) is 30.5 Å². The summed E-state index contributed by atoms with van der Waals surface area (Å²) < 4.78 is 6.60. The molecule has 6 heteroatoms. The number of nitrogens with zero attached hydrogens (tertiary/aromatic N) is 1. The number of pyridine rings is 2. The molecule has 0 aliphatic carbocycles. The Kier molecular flexibility index (Phi) is 4.84. The van der Waals surface area contributed by atoms with Gasteiger partial charge in [0.25, 0.3) is 17.0 Å². The average Bonchev–Trinajstić information content (AvgIpc) is 2.68. The molecule has 3 rings (SSSR count). The number of rotatable bonds is 5. The minimum Gasteiger partial charge on any atom is -0.502 e. The van der Waals surface area contributed by atoms with Crippen LogP contribution in [0.15, 0.2) is 54.7 Å². The summed E-state index contributed by atoms with van der Waals surface area (Å²) in [6.45, 7) is 1.85. The highest BCUT2D eigenvalue weighted by atomic mass is 16.5. The van der Waals surface area contributed by atoms with Crippen molar-refractivity contribution >= 4 is 23.0 Å². The summed E-state index contributed by atoms with van der Waals surface area (Å²) in [5.74, 6) is -1.18. The Labute approximate surface area is 150 Å². The Morgan fingerprint density at radius 3 is 2.54 bits per heavy atom. The average molecular weight is 351 g/mol. The maximum atomic E-state index is 13.0. The molecule has 6 nitrogen and oxygen atoms in total. The fourth-order valence-electron chi connectivity index (χ4n) is 2.83. The van der Waals surface area contributed by atoms with Gasteiger partial charge in [-0.3, -0.25) is 4.79 Å². The minimum absolute atomic E-state index is 0.0474. The van der Waals surface area contributed by atoms with Gasteiger partial charge in [0.2, 0.25) is 5.75 Å². The summed E-state index contributed by atoms with van der Waals surface area (Å²) in [5.41, 5.74) is 1.60. The molecule has 1 aromatic carbocycles. The maximum Gasteiger partial charge on any atom is 0.342 e. The van der Waals surface area contributed by atoms with Crippen molar-refractivity contribution in [1.29, 1.82) is 0 Å². The first-order valence-electron chi connectivity index (χ1n) is 8.23. The zero-order chi connectivity index (χ0) is 18.7. The van der Waals surface area contributed by atoms with Gasteiger partial charge in [-0.15, -0.1) is 0 Å². The van der Waals surface area contributed by atoms with E-state index in [1.165, 1.54) is 6.07 Å². The highest BCUT2D eigenvalue weighted by Crippen LogP contribution is 2.28. The number of nitrogens with one attached hydrogen (secondary N) is 1. The standard InChI is InChI=1S/C20H18N2O4/c1-3-26-20(25)14-12-16(18(23)13-8-5-4-6-9-13)22-11-7-10-15(21-2)17(22)19(14)24/h4-12H,3H2,1-2H3,(H-,21,23,24,25)/p+1. The third kappa shape index (κ3) is 2.97. The Morgan fingerprint density at radius 2 is 1.88 bits per heavy atom. The van der Waals surface area contributed by atoms with Gasteiger partial charge in [0, 0.05) is 24.7 Å². The fourth-order valence-corrected chi connectivity index (χ4v) is 2.83.